The predicted octanol–water partition coefficient (Wildman–Crippen LogP) is 4.09. The first-order valence-electron chi connectivity index (χ1n) is 11.5. The molecule has 34 heavy (non-hydrogen) atoms. The molecule has 1 heterocycles. The number of hydrogen-bond donors (Lipinski definition) is 2. The van der Waals surface area contributed by atoms with Crippen LogP contribution in [0.2, 0.25) is 5.02 Å². The van der Waals surface area contributed by atoms with Gasteiger partial charge in [0.2, 0.25) is 5.91 Å². The Labute approximate surface area is 204 Å². The van der Waals surface area contributed by atoms with Crippen LogP contribution in [0.5, 0.6) is 11.5 Å². The Balaban J connectivity index is 1.33. The summed E-state index contributed by atoms with van der Waals surface area (Å²) >= 11 is 5.93. The third-order valence-electron chi connectivity index (χ3n) is 6.14. The summed E-state index contributed by atoms with van der Waals surface area (Å²) in [7, 11) is 1.60. The van der Waals surface area contributed by atoms with Crippen molar-refractivity contribution in [2.24, 2.45) is 5.92 Å². The maximum Gasteiger partial charge on any atom is 0.286 e. The smallest absolute Gasteiger partial charge is 0.286 e. The fraction of sp³-hybridized carbons (Fsp3) is 0.385. The topological polar surface area (TPSA) is 85.9 Å². The van der Waals surface area contributed by atoms with Crippen LogP contribution in [0.25, 0.3) is 6.08 Å². The lowest BCUT2D eigenvalue weighted by Crippen LogP contribution is -2.54. The number of carbonyl (C=O) groups excluding carboxylic acids is 2. The molecule has 0 spiro atoms. The summed E-state index contributed by atoms with van der Waals surface area (Å²) in [6, 6.07) is 12.6. The van der Waals surface area contributed by atoms with Gasteiger partial charge in [0.25, 0.3) is 5.91 Å². The minimum absolute atomic E-state index is 0.0241. The summed E-state index contributed by atoms with van der Waals surface area (Å²) in [5.74, 6) is 1.13. The van der Waals surface area contributed by atoms with E-state index in [0.717, 1.165) is 11.1 Å². The molecule has 0 aromatic heterocycles. The summed E-state index contributed by atoms with van der Waals surface area (Å²) < 4.78 is 16.9. The number of rotatable bonds is 7. The minimum Gasteiger partial charge on any atom is -0.493 e. The molecule has 3 atom stereocenters. The Morgan fingerprint density at radius 3 is 2.74 bits per heavy atom. The van der Waals surface area contributed by atoms with E-state index in [0.29, 0.717) is 48.9 Å². The summed E-state index contributed by atoms with van der Waals surface area (Å²) in [6.45, 7) is 2.83. The number of morpholine rings is 1. The van der Waals surface area contributed by atoms with Crippen LogP contribution in [0.3, 0.4) is 0 Å². The van der Waals surface area contributed by atoms with Crippen molar-refractivity contribution in [3.8, 4) is 11.5 Å². The number of amides is 2. The number of methoxy groups -OCH3 is 1. The van der Waals surface area contributed by atoms with E-state index in [-0.39, 0.29) is 35.6 Å². The molecule has 1 aliphatic heterocycles. The van der Waals surface area contributed by atoms with Gasteiger partial charge in [0.15, 0.2) is 17.3 Å². The molecule has 0 bridgehead atoms. The Morgan fingerprint density at radius 1 is 1.21 bits per heavy atom. The van der Waals surface area contributed by atoms with Crippen LogP contribution < -0.4 is 20.1 Å². The van der Waals surface area contributed by atoms with E-state index in [4.69, 9.17) is 25.8 Å². The van der Waals surface area contributed by atoms with Gasteiger partial charge in [-0.2, -0.15) is 0 Å². The van der Waals surface area contributed by atoms with Crippen LogP contribution in [-0.4, -0.2) is 37.7 Å². The van der Waals surface area contributed by atoms with Crippen LogP contribution in [0.4, 0.5) is 0 Å². The van der Waals surface area contributed by atoms with Crippen molar-refractivity contribution in [1.82, 2.24) is 10.6 Å². The van der Waals surface area contributed by atoms with E-state index in [9.17, 15) is 9.59 Å². The zero-order chi connectivity index (χ0) is 24.1. The maximum atomic E-state index is 12.9. The van der Waals surface area contributed by atoms with E-state index in [1.807, 2.05) is 37.3 Å². The third kappa shape index (κ3) is 5.65. The van der Waals surface area contributed by atoms with Gasteiger partial charge in [0.05, 0.1) is 19.8 Å². The van der Waals surface area contributed by atoms with E-state index in [1.54, 1.807) is 25.3 Å². The lowest BCUT2D eigenvalue weighted by Gasteiger charge is -2.39. The van der Waals surface area contributed by atoms with Gasteiger partial charge in [-0.3, -0.25) is 9.59 Å². The standard InChI is InChI=1S/C26H29ClN2O5/c1-3-33-23-13-17(6-10-22(23)32-2)15-28-25(30)18-7-11-21-20(14-18)29-26(31)24(34-21)12-16-4-8-19(27)9-5-16/h4-6,8-10,12-13,18,20-21H,3,7,11,14-15H2,1-2H3,(H,28,30)(H,29,31)/b24-12+. The molecule has 0 radical (unpaired) electrons. The molecule has 1 aliphatic carbocycles. The first-order valence-corrected chi connectivity index (χ1v) is 11.9. The largest absolute Gasteiger partial charge is 0.493 e. The molecule has 1 saturated carbocycles. The first-order chi connectivity index (χ1) is 16.5. The third-order valence-corrected chi connectivity index (χ3v) is 6.39. The van der Waals surface area contributed by atoms with Crippen molar-refractivity contribution in [2.75, 3.05) is 13.7 Å². The molecule has 3 unspecified atom stereocenters. The molecule has 1 saturated heterocycles. The predicted molar refractivity (Wildman–Crippen MR) is 130 cm³/mol. The van der Waals surface area contributed by atoms with Crippen molar-refractivity contribution in [3.05, 3.63) is 64.4 Å². The number of ether oxygens (including phenoxy) is 3. The molecule has 2 N–H and O–H groups in total. The average molecular weight is 485 g/mol. The summed E-state index contributed by atoms with van der Waals surface area (Å²) in [5, 5.41) is 6.68. The molecule has 7 nitrogen and oxygen atoms in total. The van der Waals surface area contributed by atoms with Gasteiger partial charge in [-0.1, -0.05) is 29.8 Å². The maximum absolute atomic E-state index is 12.9. The Kier molecular flexibility index (Phi) is 7.63. The second-order valence-electron chi connectivity index (χ2n) is 8.44. The number of nitrogens with one attached hydrogen (secondary N) is 2. The number of benzene rings is 2. The highest BCUT2D eigenvalue weighted by Crippen LogP contribution is 2.32. The summed E-state index contributed by atoms with van der Waals surface area (Å²) in [6.07, 6.45) is 3.51. The fourth-order valence-corrected chi connectivity index (χ4v) is 4.50. The number of carbonyl (C=O) groups is 2. The zero-order valence-corrected chi connectivity index (χ0v) is 20.1. The lowest BCUT2D eigenvalue weighted by molar-refractivity contribution is -0.134. The number of halogens is 1. The van der Waals surface area contributed by atoms with E-state index >= 15 is 0 Å². The highest BCUT2D eigenvalue weighted by molar-refractivity contribution is 6.30. The van der Waals surface area contributed by atoms with Crippen molar-refractivity contribution >= 4 is 29.5 Å². The SMILES string of the molecule is CCOc1cc(CNC(=O)C2CCC3O/C(=C/c4ccc(Cl)cc4)C(=O)NC3C2)ccc1OC. The molecule has 2 aromatic rings. The minimum atomic E-state index is -0.265. The highest BCUT2D eigenvalue weighted by atomic mass is 35.5. The van der Waals surface area contributed by atoms with Gasteiger partial charge in [-0.15, -0.1) is 0 Å². The first kappa shape index (κ1) is 24.0. The highest BCUT2D eigenvalue weighted by Gasteiger charge is 2.40. The van der Waals surface area contributed by atoms with Crippen LogP contribution >= 0.6 is 11.6 Å². The van der Waals surface area contributed by atoms with Crippen molar-refractivity contribution < 1.29 is 23.8 Å². The molecule has 180 valence electrons. The summed E-state index contributed by atoms with van der Waals surface area (Å²) in [4.78, 5) is 25.4. The monoisotopic (exact) mass is 484 g/mol. The molecule has 4 rings (SSSR count). The zero-order valence-electron chi connectivity index (χ0n) is 19.3. The van der Waals surface area contributed by atoms with E-state index < -0.39 is 0 Å². The Hall–Kier alpha value is -3.19. The van der Waals surface area contributed by atoms with Crippen LogP contribution in [0.15, 0.2) is 48.2 Å². The molecule has 2 aromatic carbocycles. The van der Waals surface area contributed by atoms with Crippen LogP contribution in [0, 0.1) is 5.92 Å². The van der Waals surface area contributed by atoms with Gasteiger partial charge < -0.3 is 24.8 Å². The van der Waals surface area contributed by atoms with E-state index in [2.05, 4.69) is 10.6 Å². The molecule has 2 aliphatic rings. The van der Waals surface area contributed by atoms with Crippen molar-refractivity contribution in [2.45, 2.75) is 44.9 Å². The molecule has 2 amide bonds. The Bertz CT molecular complexity index is 1070. The van der Waals surface area contributed by atoms with E-state index in [1.165, 1.54) is 0 Å². The van der Waals surface area contributed by atoms with Gasteiger partial charge in [0, 0.05) is 17.5 Å². The van der Waals surface area contributed by atoms with Crippen molar-refractivity contribution in [1.29, 1.82) is 0 Å². The molecular weight excluding hydrogens is 456 g/mol. The number of fused-ring (bicyclic) bond motifs is 1. The average Bonchev–Trinajstić information content (AvgIpc) is 2.84. The van der Waals surface area contributed by atoms with Crippen LogP contribution in [-0.2, 0) is 20.9 Å². The second kappa shape index (κ2) is 10.8. The second-order valence-corrected chi connectivity index (χ2v) is 8.88. The van der Waals surface area contributed by atoms with Crippen molar-refractivity contribution in [3.63, 3.8) is 0 Å². The summed E-state index contributed by atoms with van der Waals surface area (Å²) in [5.41, 5.74) is 1.77. The quantitative estimate of drug-likeness (QED) is 0.578. The fourth-order valence-electron chi connectivity index (χ4n) is 4.37. The Morgan fingerprint density at radius 2 is 2.00 bits per heavy atom. The lowest BCUT2D eigenvalue weighted by atomic mass is 9.82. The number of hydrogen-bond acceptors (Lipinski definition) is 5. The van der Waals surface area contributed by atoms with Gasteiger partial charge >= 0.3 is 0 Å². The molecular formula is C26H29ClN2O5. The normalized spacial score (nSPS) is 22.9. The van der Waals surface area contributed by atoms with Gasteiger partial charge in [-0.05, 0) is 67.7 Å². The molecule has 8 heteroatoms. The van der Waals surface area contributed by atoms with Gasteiger partial charge in [-0.25, -0.2) is 0 Å². The molecule has 2 fully saturated rings. The van der Waals surface area contributed by atoms with Gasteiger partial charge in [0.1, 0.15) is 6.10 Å². The van der Waals surface area contributed by atoms with Crippen LogP contribution in [0.1, 0.15) is 37.3 Å².